The lowest BCUT2D eigenvalue weighted by atomic mass is 10.2. The molecule has 0 bridgehead atoms. The molecule has 1 rings (SSSR count). The summed E-state index contributed by atoms with van der Waals surface area (Å²) in [7, 11) is 0. The molecule has 0 aliphatic heterocycles. The topological polar surface area (TPSA) is 87.7 Å². The van der Waals surface area contributed by atoms with Crippen molar-refractivity contribution in [2.75, 3.05) is 17.3 Å². The number of aliphatic hydroxyl groups is 1. The third kappa shape index (κ3) is 7.70. The van der Waals surface area contributed by atoms with E-state index in [-0.39, 0.29) is 12.5 Å². The molecule has 0 aliphatic carbocycles. The van der Waals surface area contributed by atoms with Crippen LogP contribution in [0.3, 0.4) is 0 Å². The molecule has 0 saturated heterocycles. The van der Waals surface area contributed by atoms with E-state index in [0.717, 1.165) is 11.3 Å². The zero-order valence-electron chi connectivity index (χ0n) is 14.6. The first-order valence-electron chi connectivity index (χ1n) is 7.74. The Kier molecular flexibility index (Phi) is 8.07. The highest BCUT2D eigenvalue weighted by Gasteiger charge is 2.24. The van der Waals surface area contributed by atoms with Crippen LogP contribution in [0.5, 0.6) is 0 Å². The van der Waals surface area contributed by atoms with E-state index in [1.54, 1.807) is 56.8 Å². The van der Waals surface area contributed by atoms with Gasteiger partial charge in [-0.25, -0.2) is 4.79 Å². The number of amides is 2. The molecular weight excluding hydrogens is 328 g/mol. The van der Waals surface area contributed by atoms with Crippen molar-refractivity contribution in [2.24, 2.45) is 0 Å². The summed E-state index contributed by atoms with van der Waals surface area (Å²) >= 11 is 1.60. The number of carbonyl (C=O) groups excluding carboxylic acids is 2. The van der Waals surface area contributed by atoms with Gasteiger partial charge in [0.2, 0.25) is 5.91 Å². The second-order valence-electron chi connectivity index (χ2n) is 6.32. The highest BCUT2D eigenvalue weighted by atomic mass is 32.2. The Bertz CT molecular complexity index is 541. The van der Waals surface area contributed by atoms with Crippen LogP contribution >= 0.6 is 11.8 Å². The minimum atomic E-state index is -0.676. The first kappa shape index (κ1) is 20.3. The highest BCUT2D eigenvalue weighted by molar-refractivity contribution is 7.98. The minimum absolute atomic E-state index is 0.0508. The van der Waals surface area contributed by atoms with Crippen LogP contribution in [-0.2, 0) is 16.1 Å². The predicted molar refractivity (Wildman–Crippen MR) is 97.2 cm³/mol. The Balaban J connectivity index is 2.70. The lowest BCUT2D eigenvalue weighted by Gasteiger charge is -2.23. The Morgan fingerprint density at radius 3 is 2.38 bits per heavy atom. The van der Waals surface area contributed by atoms with Crippen molar-refractivity contribution in [3.05, 3.63) is 29.8 Å². The number of hydrogen-bond acceptors (Lipinski definition) is 5. The number of anilines is 1. The molecule has 6 nitrogen and oxygen atoms in total. The number of nitrogens with one attached hydrogen (secondary N) is 2. The first-order chi connectivity index (χ1) is 11.2. The van der Waals surface area contributed by atoms with Crippen LogP contribution in [-0.4, -0.2) is 40.8 Å². The van der Waals surface area contributed by atoms with E-state index >= 15 is 0 Å². The summed E-state index contributed by atoms with van der Waals surface area (Å²) in [6.45, 7) is 5.26. The van der Waals surface area contributed by atoms with Gasteiger partial charge in [-0.2, -0.15) is 11.8 Å². The van der Waals surface area contributed by atoms with E-state index in [0.29, 0.717) is 12.1 Å². The molecule has 1 atom stereocenters. The summed E-state index contributed by atoms with van der Waals surface area (Å²) in [6.07, 6.45) is 1.83. The van der Waals surface area contributed by atoms with Crippen LogP contribution in [0.2, 0.25) is 0 Å². The van der Waals surface area contributed by atoms with Crippen molar-refractivity contribution in [1.29, 1.82) is 0 Å². The van der Waals surface area contributed by atoms with Crippen LogP contribution in [0.4, 0.5) is 10.5 Å². The van der Waals surface area contributed by atoms with Gasteiger partial charge in [0.05, 0.1) is 6.61 Å². The summed E-state index contributed by atoms with van der Waals surface area (Å²) in [5.74, 6) is 0.434. The number of ether oxygens (including phenoxy) is 1. The van der Waals surface area contributed by atoms with Gasteiger partial charge in [0.1, 0.15) is 11.6 Å². The molecule has 0 aromatic heterocycles. The fraction of sp³-hybridized carbons (Fsp3) is 0.529. The smallest absolute Gasteiger partial charge is 0.408 e. The molecule has 3 N–H and O–H groups in total. The Morgan fingerprint density at radius 2 is 1.88 bits per heavy atom. The molecule has 0 radical (unpaired) electrons. The third-order valence-electron chi connectivity index (χ3n) is 3.02. The minimum Gasteiger partial charge on any atom is -0.444 e. The van der Waals surface area contributed by atoms with Crippen LogP contribution in [0.15, 0.2) is 24.3 Å². The van der Waals surface area contributed by atoms with E-state index in [2.05, 4.69) is 10.6 Å². The maximum Gasteiger partial charge on any atom is 0.408 e. The Labute approximate surface area is 147 Å². The van der Waals surface area contributed by atoms with Gasteiger partial charge >= 0.3 is 6.09 Å². The molecule has 0 saturated carbocycles. The van der Waals surface area contributed by atoms with E-state index in [4.69, 9.17) is 9.84 Å². The van der Waals surface area contributed by atoms with Gasteiger partial charge in [-0.15, -0.1) is 0 Å². The SMILES string of the molecule is CSCCC(NC(=O)OC(C)(C)C)C(=O)Nc1ccc(CO)cc1. The number of alkyl carbamates (subject to hydrolysis) is 1. The van der Waals surface area contributed by atoms with Gasteiger partial charge in [0.15, 0.2) is 0 Å². The van der Waals surface area contributed by atoms with Crippen LogP contribution in [0, 0.1) is 0 Å². The summed E-state index contributed by atoms with van der Waals surface area (Å²) in [5.41, 5.74) is 0.751. The summed E-state index contributed by atoms with van der Waals surface area (Å²) < 4.78 is 5.21. The normalized spacial score (nSPS) is 12.4. The quantitative estimate of drug-likeness (QED) is 0.701. The van der Waals surface area contributed by atoms with E-state index in [1.807, 2.05) is 6.26 Å². The van der Waals surface area contributed by atoms with Gasteiger partial charge < -0.3 is 20.5 Å². The third-order valence-corrected chi connectivity index (χ3v) is 3.67. The number of thioether (sulfide) groups is 1. The lowest BCUT2D eigenvalue weighted by Crippen LogP contribution is -2.46. The fourth-order valence-electron chi connectivity index (χ4n) is 1.88. The van der Waals surface area contributed by atoms with E-state index in [9.17, 15) is 9.59 Å². The van der Waals surface area contributed by atoms with Crippen molar-refractivity contribution in [3.8, 4) is 0 Å². The van der Waals surface area contributed by atoms with Gasteiger partial charge in [-0.05, 0) is 56.9 Å². The van der Waals surface area contributed by atoms with Crippen molar-refractivity contribution in [3.63, 3.8) is 0 Å². The molecule has 0 fully saturated rings. The molecule has 1 aromatic rings. The predicted octanol–water partition coefficient (Wildman–Crippen LogP) is 2.76. The maximum absolute atomic E-state index is 12.4. The Morgan fingerprint density at radius 1 is 1.25 bits per heavy atom. The number of benzene rings is 1. The average Bonchev–Trinajstić information content (AvgIpc) is 2.50. The molecule has 2 amide bonds. The molecule has 134 valence electrons. The highest BCUT2D eigenvalue weighted by Crippen LogP contribution is 2.12. The monoisotopic (exact) mass is 354 g/mol. The van der Waals surface area contributed by atoms with Crippen molar-refractivity contribution in [1.82, 2.24) is 5.32 Å². The number of carbonyl (C=O) groups is 2. The lowest BCUT2D eigenvalue weighted by molar-refractivity contribution is -0.118. The van der Waals surface area contributed by atoms with Crippen LogP contribution in [0.1, 0.15) is 32.8 Å². The molecule has 0 spiro atoms. The zero-order chi connectivity index (χ0) is 18.2. The summed E-state index contributed by atoms with van der Waals surface area (Å²) in [5, 5.41) is 14.4. The zero-order valence-corrected chi connectivity index (χ0v) is 15.4. The maximum atomic E-state index is 12.4. The molecule has 7 heteroatoms. The van der Waals surface area contributed by atoms with Gasteiger partial charge in [0.25, 0.3) is 0 Å². The second kappa shape index (κ2) is 9.54. The molecule has 24 heavy (non-hydrogen) atoms. The molecule has 1 aromatic carbocycles. The van der Waals surface area contributed by atoms with Crippen molar-refractivity contribution < 1.29 is 19.4 Å². The Hall–Kier alpha value is -1.73. The molecule has 0 aliphatic rings. The molecular formula is C17H26N2O4S. The fourth-order valence-corrected chi connectivity index (χ4v) is 2.35. The van der Waals surface area contributed by atoms with E-state index in [1.165, 1.54) is 0 Å². The molecule has 1 unspecified atom stereocenters. The van der Waals surface area contributed by atoms with Gasteiger partial charge in [-0.3, -0.25) is 4.79 Å². The second-order valence-corrected chi connectivity index (χ2v) is 7.31. The first-order valence-corrected chi connectivity index (χ1v) is 9.13. The largest absolute Gasteiger partial charge is 0.444 e. The van der Waals surface area contributed by atoms with Crippen molar-refractivity contribution >= 4 is 29.4 Å². The number of aliphatic hydroxyl groups excluding tert-OH is 1. The van der Waals surface area contributed by atoms with E-state index < -0.39 is 17.7 Å². The molecule has 0 heterocycles. The van der Waals surface area contributed by atoms with Crippen LogP contribution < -0.4 is 10.6 Å². The average molecular weight is 354 g/mol. The number of rotatable bonds is 7. The number of hydrogen-bond donors (Lipinski definition) is 3. The van der Waals surface area contributed by atoms with Gasteiger partial charge in [-0.1, -0.05) is 12.1 Å². The van der Waals surface area contributed by atoms with Crippen molar-refractivity contribution in [2.45, 2.75) is 45.4 Å². The van der Waals surface area contributed by atoms with Gasteiger partial charge in [0, 0.05) is 5.69 Å². The summed E-state index contributed by atoms with van der Waals surface area (Å²) in [4.78, 5) is 24.4. The summed E-state index contributed by atoms with van der Waals surface area (Å²) in [6, 6.07) is 6.21. The standard InChI is InChI=1S/C17H26N2O4S/c1-17(2,3)23-16(22)19-14(9-10-24-4)15(21)18-13-7-5-12(11-20)6-8-13/h5-8,14,20H,9-11H2,1-4H3,(H,18,21)(H,19,22). The van der Waals surface area contributed by atoms with Crippen LogP contribution in [0.25, 0.3) is 0 Å².